The van der Waals surface area contributed by atoms with Gasteiger partial charge >= 0.3 is 6.18 Å². The molecular formula is C20H20F3N3O2. The highest BCUT2D eigenvalue weighted by molar-refractivity contribution is 5.99. The van der Waals surface area contributed by atoms with Gasteiger partial charge in [-0.2, -0.15) is 13.2 Å². The molecule has 0 bridgehead atoms. The summed E-state index contributed by atoms with van der Waals surface area (Å²) < 4.78 is 37.6. The van der Waals surface area contributed by atoms with Gasteiger partial charge in [-0.25, -0.2) is 0 Å². The average molecular weight is 391 g/mol. The van der Waals surface area contributed by atoms with Crippen LogP contribution in [-0.2, 0) is 11.0 Å². The molecule has 3 rings (SSSR count). The smallest absolute Gasteiger partial charge is 0.372 e. The fourth-order valence-corrected chi connectivity index (χ4v) is 3.01. The number of carbonyl (C=O) groups is 2. The van der Waals surface area contributed by atoms with Gasteiger partial charge in [-0.3, -0.25) is 9.59 Å². The summed E-state index contributed by atoms with van der Waals surface area (Å²) >= 11 is 0. The third-order valence-electron chi connectivity index (χ3n) is 4.51. The van der Waals surface area contributed by atoms with E-state index in [4.69, 9.17) is 0 Å². The maximum absolute atomic E-state index is 12.5. The van der Waals surface area contributed by atoms with Crippen molar-refractivity contribution < 1.29 is 22.8 Å². The third-order valence-corrected chi connectivity index (χ3v) is 4.51. The van der Waals surface area contributed by atoms with Gasteiger partial charge < -0.3 is 15.5 Å². The summed E-state index contributed by atoms with van der Waals surface area (Å²) in [5.41, 5.74) is 0.928. The van der Waals surface area contributed by atoms with Crippen molar-refractivity contribution in [3.8, 4) is 0 Å². The van der Waals surface area contributed by atoms with Crippen molar-refractivity contribution in [3.63, 3.8) is 0 Å². The number of nitrogens with one attached hydrogen (secondary N) is 2. The molecule has 0 spiro atoms. The van der Waals surface area contributed by atoms with Crippen LogP contribution in [-0.4, -0.2) is 31.4 Å². The zero-order chi connectivity index (χ0) is 20.1. The fraction of sp³-hybridized carbons (Fsp3) is 0.300. The molecule has 1 aliphatic heterocycles. The molecule has 1 fully saturated rings. The fourth-order valence-electron chi connectivity index (χ4n) is 3.01. The zero-order valence-corrected chi connectivity index (χ0v) is 15.1. The summed E-state index contributed by atoms with van der Waals surface area (Å²) in [6, 6.07) is 11.3. The Balaban J connectivity index is 1.49. The number of rotatable bonds is 5. The SMILES string of the molecule is O=C(CNC(=O)c1ccc(C(F)(F)F)cc1)Nc1ccc(N2CCCC2)cc1. The Labute approximate surface area is 160 Å². The molecule has 0 saturated carbocycles. The molecule has 5 nitrogen and oxygen atoms in total. The largest absolute Gasteiger partial charge is 0.416 e. The number of anilines is 2. The van der Waals surface area contributed by atoms with Crippen LogP contribution < -0.4 is 15.5 Å². The highest BCUT2D eigenvalue weighted by Crippen LogP contribution is 2.29. The number of carbonyl (C=O) groups excluding carboxylic acids is 2. The quantitative estimate of drug-likeness (QED) is 0.818. The predicted octanol–water partition coefficient (Wildman–Crippen LogP) is 3.67. The topological polar surface area (TPSA) is 61.4 Å². The molecule has 1 saturated heterocycles. The van der Waals surface area contributed by atoms with Crippen LogP contribution >= 0.6 is 0 Å². The first-order valence-corrected chi connectivity index (χ1v) is 8.93. The van der Waals surface area contributed by atoms with Gasteiger partial charge in [-0.15, -0.1) is 0 Å². The number of alkyl halides is 3. The highest BCUT2D eigenvalue weighted by atomic mass is 19.4. The minimum atomic E-state index is -4.46. The van der Waals surface area contributed by atoms with Gasteiger partial charge in [-0.1, -0.05) is 0 Å². The van der Waals surface area contributed by atoms with E-state index in [-0.39, 0.29) is 12.1 Å². The van der Waals surface area contributed by atoms with Crippen molar-refractivity contribution in [1.29, 1.82) is 0 Å². The van der Waals surface area contributed by atoms with E-state index in [0.29, 0.717) is 5.69 Å². The molecule has 28 heavy (non-hydrogen) atoms. The number of hydrogen-bond acceptors (Lipinski definition) is 3. The molecule has 0 aromatic heterocycles. The van der Waals surface area contributed by atoms with Crippen LogP contribution in [0, 0.1) is 0 Å². The van der Waals surface area contributed by atoms with Gasteiger partial charge in [0.15, 0.2) is 0 Å². The number of benzene rings is 2. The van der Waals surface area contributed by atoms with Crippen LogP contribution in [0.3, 0.4) is 0 Å². The second-order valence-corrected chi connectivity index (χ2v) is 6.55. The molecule has 8 heteroatoms. The Morgan fingerprint density at radius 2 is 1.54 bits per heavy atom. The average Bonchev–Trinajstić information content (AvgIpc) is 3.21. The standard InChI is InChI=1S/C20H20F3N3O2/c21-20(22,23)15-5-3-14(4-6-15)19(28)24-13-18(27)25-16-7-9-17(10-8-16)26-11-1-2-12-26/h3-10H,1-2,11-13H2,(H,24,28)(H,25,27). The van der Waals surface area contributed by atoms with Gasteiger partial charge in [0, 0.05) is 30.0 Å². The molecule has 148 valence electrons. The van der Waals surface area contributed by atoms with Crippen LogP contribution in [0.5, 0.6) is 0 Å². The van der Waals surface area contributed by atoms with E-state index in [1.165, 1.54) is 12.8 Å². The van der Waals surface area contributed by atoms with E-state index in [2.05, 4.69) is 15.5 Å². The maximum Gasteiger partial charge on any atom is 0.416 e. The minimum Gasteiger partial charge on any atom is -0.372 e. The first-order chi connectivity index (χ1) is 13.3. The lowest BCUT2D eigenvalue weighted by molar-refractivity contribution is -0.137. The van der Waals surface area contributed by atoms with Crippen molar-refractivity contribution in [2.45, 2.75) is 19.0 Å². The second kappa shape index (κ2) is 8.33. The van der Waals surface area contributed by atoms with Gasteiger partial charge in [0.05, 0.1) is 12.1 Å². The van der Waals surface area contributed by atoms with Crippen LogP contribution in [0.1, 0.15) is 28.8 Å². The third kappa shape index (κ3) is 5.03. The van der Waals surface area contributed by atoms with Crippen LogP contribution in [0.2, 0.25) is 0 Å². The molecule has 2 aromatic rings. The van der Waals surface area contributed by atoms with Gasteiger partial charge in [-0.05, 0) is 61.4 Å². The van der Waals surface area contributed by atoms with Crippen LogP contribution in [0.25, 0.3) is 0 Å². The molecule has 0 atom stereocenters. The van der Waals surface area contributed by atoms with Crippen LogP contribution in [0.4, 0.5) is 24.5 Å². The Morgan fingerprint density at radius 3 is 2.11 bits per heavy atom. The van der Waals surface area contributed by atoms with E-state index >= 15 is 0 Å². The van der Waals surface area contributed by atoms with Gasteiger partial charge in [0.25, 0.3) is 5.91 Å². The summed E-state index contributed by atoms with van der Waals surface area (Å²) in [5.74, 6) is -1.04. The lowest BCUT2D eigenvalue weighted by atomic mass is 10.1. The Hall–Kier alpha value is -3.03. The van der Waals surface area contributed by atoms with Gasteiger partial charge in [0.1, 0.15) is 0 Å². The molecule has 2 amide bonds. The molecule has 2 aromatic carbocycles. The Morgan fingerprint density at radius 1 is 0.929 bits per heavy atom. The Kier molecular flexibility index (Phi) is 5.87. The number of amides is 2. The zero-order valence-electron chi connectivity index (χ0n) is 15.1. The van der Waals surface area contributed by atoms with E-state index in [1.807, 2.05) is 12.1 Å². The molecule has 1 aliphatic rings. The summed E-state index contributed by atoms with van der Waals surface area (Å²) in [6.07, 6.45) is -2.10. The molecule has 2 N–H and O–H groups in total. The van der Waals surface area contributed by atoms with E-state index in [9.17, 15) is 22.8 Å². The number of hydrogen-bond donors (Lipinski definition) is 2. The van der Waals surface area contributed by atoms with E-state index in [0.717, 1.165) is 43.0 Å². The van der Waals surface area contributed by atoms with Crippen LogP contribution in [0.15, 0.2) is 48.5 Å². The highest BCUT2D eigenvalue weighted by Gasteiger charge is 2.30. The molecule has 0 unspecified atom stereocenters. The number of halogens is 3. The molecule has 1 heterocycles. The van der Waals surface area contributed by atoms with Crippen molar-refractivity contribution in [2.24, 2.45) is 0 Å². The van der Waals surface area contributed by atoms with Crippen molar-refractivity contribution in [2.75, 3.05) is 29.9 Å². The summed E-state index contributed by atoms with van der Waals surface area (Å²) in [4.78, 5) is 26.2. The van der Waals surface area contributed by atoms with E-state index < -0.39 is 23.6 Å². The molecule has 0 aliphatic carbocycles. The first kappa shape index (κ1) is 19.7. The summed E-state index contributed by atoms with van der Waals surface area (Å²) in [6.45, 7) is 1.77. The van der Waals surface area contributed by atoms with Crippen molar-refractivity contribution in [3.05, 3.63) is 59.7 Å². The van der Waals surface area contributed by atoms with Crippen molar-refractivity contribution >= 4 is 23.2 Å². The number of nitrogens with zero attached hydrogens (tertiary/aromatic N) is 1. The lowest BCUT2D eigenvalue weighted by Crippen LogP contribution is -2.32. The minimum absolute atomic E-state index is 0.0516. The van der Waals surface area contributed by atoms with Gasteiger partial charge in [0.2, 0.25) is 5.91 Å². The lowest BCUT2D eigenvalue weighted by Gasteiger charge is -2.17. The second-order valence-electron chi connectivity index (χ2n) is 6.55. The normalized spacial score (nSPS) is 14.0. The molecular weight excluding hydrogens is 371 g/mol. The Bertz CT molecular complexity index is 827. The first-order valence-electron chi connectivity index (χ1n) is 8.93. The summed E-state index contributed by atoms with van der Waals surface area (Å²) in [7, 11) is 0. The van der Waals surface area contributed by atoms with Crippen molar-refractivity contribution in [1.82, 2.24) is 5.32 Å². The molecule has 0 radical (unpaired) electrons. The monoisotopic (exact) mass is 391 g/mol. The predicted molar refractivity (Wildman–Crippen MR) is 100 cm³/mol. The van der Waals surface area contributed by atoms with E-state index in [1.54, 1.807) is 12.1 Å². The summed E-state index contributed by atoms with van der Waals surface area (Å²) in [5, 5.41) is 5.07. The maximum atomic E-state index is 12.5.